The van der Waals surface area contributed by atoms with E-state index < -0.39 is 0 Å². The predicted molar refractivity (Wildman–Crippen MR) is 107 cm³/mol. The van der Waals surface area contributed by atoms with E-state index in [1.165, 1.54) is 0 Å². The molecule has 28 heavy (non-hydrogen) atoms. The first-order chi connectivity index (χ1) is 13.9. The fraction of sp³-hybridized carbons (Fsp3) is 0.895. The molecule has 168 valence electrons. The van der Waals surface area contributed by atoms with Crippen LogP contribution in [0.25, 0.3) is 0 Å². The van der Waals surface area contributed by atoms with Crippen molar-refractivity contribution >= 4 is 11.6 Å². The van der Waals surface area contributed by atoms with E-state index in [1.807, 2.05) is 0 Å². The summed E-state index contributed by atoms with van der Waals surface area (Å²) in [6, 6.07) is 0. The van der Waals surface area contributed by atoms with Crippen molar-refractivity contribution in [2.45, 2.75) is 0 Å². The van der Waals surface area contributed by atoms with E-state index >= 15 is 0 Å². The van der Waals surface area contributed by atoms with Gasteiger partial charge < -0.3 is 37.9 Å². The highest BCUT2D eigenvalue weighted by molar-refractivity contribution is 6.17. The summed E-state index contributed by atoms with van der Waals surface area (Å²) in [4.78, 5) is 0. The van der Waals surface area contributed by atoms with E-state index in [4.69, 9.17) is 49.5 Å². The Morgan fingerprint density at radius 3 is 0.929 bits per heavy atom. The monoisotopic (exact) mass is 428 g/mol. The van der Waals surface area contributed by atoms with Crippen molar-refractivity contribution in [3.8, 4) is 0 Å². The van der Waals surface area contributed by atoms with Crippen molar-refractivity contribution in [2.24, 2.45) is 0 Å². The molecule has 0 saturated carbocycles. The number of ether oxygens (including phenoxy) is 8. The highest BCUT2D eigenvalue weighted by Gasteiger charge is 1.94. The van der Waals surface area contributed by atoms with Crippen molar-refractivity contribution in [1.82, 2.24) is 0 Å². The van der Waals surface area contributed by atoms with Crippen molar-refractivity contribution in [1.29, 1.82) is 0 Å². The average Bonchev–Trinajstić information content (AvgIpc) is 2.71. The molecule has 0 spiro atoms. The lowest BCUT2D eigenvalue weighted by Crippen LogP contribution is -2.15. The van der Waals surface area contributed by atoms with Gasteiger partial charge in [-0.3, -0.25) is 0 Å². The summed E-state index contributed by atoms with van der Waals surface area (Å²) in [6.07, 6.45) is 1.71. The average molecular weight is 429 g/mol. The largest absolute Gasteiger partial charge is 0.378 e. The fourth-order valence-corrected chi connectivity index (χ4v) is 1.87. The van der Waals surface area contributed by atoms with Gasteiger partial charge in [0.2, 0.25) is 0 Å². The number of rotatable bonds is 25. The molecule has 0 aliphatic heterocycles. The van der Waals surface area contributed by atoms with Crippen LogP contribution in [0.1, 0.15) is 0 Å². The lowest BCUT2D eigenvalue weighted by Gasteiger charge is -2.08. The summed E-state index contributed by atoms with van der Waals surface area (Å²) in [5.74, 6) is 0.505. The minimum Gasteiger partial charge on any atom is -0.378 e. The molecule has 0 atom stereocenters. The molecule has 0 unspecified atom stereocenters. The third-order valence-electron chi connectivity index (χ3n) is 3.06. The summed E-state index contributed by atoms with van der Waals surface area (Å²) in [5, 5.41) is 0. The molecule has 0 heterocycles. The van der Waals surface area contributed by atoms with Crippen LogP contribution in [0.4, 0.5) is 0 Å². The third-order valence-corrected chi connectivity index (χ3v) is 3.22. The summed E-state index contributed by atoms with van der Waals surface area (Å²) >= 11 is 5.48. The Hall–Kier alpha value is -0.290. The van der Waals surface area contributed by atoms with Gasteiger partial charge in [-0.15, -0.1) is 18.2 Å². The minimum atomic E-state index is 0.505. The van der Waals surface area contributed by atoms with Gasteiger partial charge in [0, 0.05) is 5.88 Å². The number of alkyl halides is 1. The van der Waals surface area contributed by atoms with E-state index in [0.717, 1.165) is 0 Å². The van der Waals surface area contributed by atoms with Crippen LogP contribution in [0.5, 0.6) is 0 Å². The lowest BCUT2D eigenvalue weighted by atomic mass is 10.6. The maximum absolute atomic E-state index is 5.48. The Kier molecular flexibility index (Phi) is 26.4. The maximum atomic E-state index is 5.48. The molecule has 0 bridgehead atoms. The molecule has 0 saturated heterocycles. The Morgan fingerprint density at radius 1 is 0.429 bits per heavy atom. The Morgan fingerprint density at radius 2 is 0.679 bits per heavy atom. The van der Waals surface area contributed by atoms with Crippen LogP contribution >= 0.6 is 11.6 Å². The molecule has 0 amide bonds. The van der Waals surface area contributed by atoms with E-state index in [-0.39, 0.29) is 0 Å². The highest BCUT2D eigenvalue weighted by Crippen LogP contribution is 1.86. The number of halogens is 1. The van der Waals surface area contributed by atoms with Gasteiger partial charge in [0.05, 0.1) is 106 Å². The van der Waals surface area contributed by atoms with Crippen LogP contribution in [0.15, 0.2) is 12.7 Å². The zero-order chi connectivity index (χ0) is 20.4. The van der Waals surface area contributed by atoms with Crippen LogP contribution in [-0.2, 0) is 37.9 Å². The van der Waals surface area contributed by atoms with Gasteiger partial charge >= 0.3 is 0 Å². The highest BCUT2D eigenvalue weighted by atomic mass is 35.5. The second kappa shape index (κ2) is 26.7. The normalized spacial score (nSPS) is 11.2. The van der Waals surface area contributed by atoms with Crippen LogP contribution in [0.3, 0.4) is 0 Å². The molecule has 9 heteroatoms. The zero-order valence-electron chi connectivity index (χ0n) is 16.9. The second-order valence-corrected chi connectivity index (χ2v) is 5.72. The van der Waals surface area contributed by atoms with Crippen molar-refractivity contribution in [2.75, 3.05) is 112 Å². The predicted octanol–water partition coefficient (Wildman–Crippen LogP) is 1.54. The molecule has 0 rings (SSSR count). The van der Waals surface area contributed by atoms with Gasteiger partial charge in [-0.2, -0.15) is 0 Å². The Balaban J connectivity index is 2.97. The minimum absolute atomic E-state index is 0.505. The molecule has 0 aromatic heterocycles. The van der Waals surface area contributed by atoms with Gasteiger partial charge in [0.15, 0.2) is 0 Å². The van der Waals surface area contributed by atoms with Gasteiger partial charge in [-0.25, -0.2) is 0 Å². The first-order valence-electron chi connectivity index (χ1n) is 9.70. The fourth-order valence-electron chi connectivity index (χ4n) is 1.76. The van der Waals surface area contributed by atoms with Crippen molar-refractivity contribution in [3.05, 3.63) is 12.7 Å². The molecule has 0 aliphatic carbocycles. The van der Waals surface area contributed by atoms with E-state index in [0.29, 0.717) is 112 Å². The van der Waals surface area contributed by atoms with Crippen LogP contribution in [0.2, 0.25) is 0 Å². The van der Waals surface area contributed by atoms with E-state index in [2.05, 4.69) is 6.58 Å². The van der Waals surface area contributed by atoms with Crippen LogP contribution in [-0.4, -0.2) is 112 Å². The zero-order valence-corrected chi connectivity index (χ0v) is 17.7. The van der Waals surface area contributed by atoms with E-state index in [9.17, 15) is 0 Å². The maximum Gasteiger partial charge on any atom is 0.0704 e. The molecule has 0 aromatic carbocycles. The van der Waals surface area contributed by atoms with Crippen molar-refractivity contribution in [3.63, 3.8) is 0 Å². The SMILES string of the molecule is C=CCOCCOCCOCCOCCOCCOCCOCCOCCCl. The summed E-state index contributed by atoms with van der Waals surface area (Å²) < 4.78 is 42.6. The Labute approximate surface area is 174 Å². The standard InChI is InChI=1S/C19H37ClO8/c1-2-4-21-6-8-23-10-12-25-14-16-27-18-19-28-17-15-26-13-11-24-9-7-22-5-3-20/h2H,1,3-19H2. The topological polar surface area (TPSA) is 73.8 Å². The van der Waals surface area contributed by atoms with Crippen molar-refractivity contribution < 1.29 is 37.9 Å². The smallest absolute Gasteiger partial charge is 0.0704 e. The summed E-state index contributed by atoms with van der Waals surface area (Å²) in [7, 11) is 0. The molecular weight excluding hydrogens is 392 g/mol. The van der Waals surface area contributed by atoms with E-state index in [1.54, 1.807) is 6.08 Å². The van der Waals surface area contributed by atoms with Gasteiger partial charge in [0.25, 0.3) is 0 Å². The van der Waals surface area contributed by atoms with Gasteiger partial charge in [-0.1, -0.05) is 6.08 Å². The number of hydrogen-bond donors (Lipinski definition) is 0. The molecule has 0 fully saturated rings. The molecule has 0 aromatic rings. The molecule has 0 N–H and O–H groups in total. The summed E-state index contributed by atoms with van der Waals surface area (Å²) in [6.45, 7) is 12.3. The second-order valence-electron chi connectivity index (χ2n) is 5.34. The third kappa shape index (κ3) is 25.7. The summed E-state index contributed by atoms with van der Waals surface area (Å²) in [5.41, 5.74) is 0. The molecule has 0 radical (unpaired) electrons. The van der Waals surface area contributed by atoms with Gasteiger partial charge in [-0.05, 0) is 0 Å². The van der Waals surface area contributed by atoms with Crippen LogP contribution in [0, 0.1) is 0 Å². The molecular formula is C19H37ClO8. The molecule has 0 aliphatic rings. The first-order valence-corrected chi connectivity index (χ1v) is 10.2. The van der Waals surface area contributed by atoms with Crippen LogP contribution < -0.4 is 0 Å². The first kappa shape index (κ1) is 27.7. The van der Waals surface area contributed by atoms with Gasteiger partial charge in [0.1, 0.15) is 0 Å². The molecule has 8 nitrogen and oxygen atoms in total. The lowest BCUT2D eigenvalue weighted by molar-refractivity contribution is -0.0222. The number of hydrogen-bond acceptors (Lipinski definition) is 8. The quantitative estimate of drug-likeness (QED) is 0.123. The Bertz CT molecular complexity index is 297.